The van der Waals surface area contributed by atoms with Crippen LogP contribution in [0.1, 0.15) is 41.7 Å². The van der Waals surface area contributed by atoms with E-state index in [0.29, 0.717) is 22.3 Å². The fourth-order valence-electron chi connectivity index (χ4n) is 4.23. The maximum Gasteiger partial charge on any atom is 0.235 e. The molecule has 4 rings (SSSR count). The van der Waals surface area contributed by atoms with Crippen molar-refractivity contribution in [1.82, 2.24) is 14.8 Å². The summed E-state index contributed by atoms with van der Waals surface area (Å²) in [5, 5.41) is 22.8. The van der Waals surface area contributed by atoms with Crippen LogP contribution in [0.5, 0.6) is 0 Å². The normalized spacial score (nSPS) is 13.3. The third-order valence-electron chi connectivity index (χ3n) is 6.04. The molecule has 35 heavy (non-hydrogen) atoms. The van der Waals surface area contributed by atoms with E-state index in [-0.39, 0.29) is 11.7 Å². The third kappa shape index (κ3) is 5.77. The highest BCUT2D eigenvalue weighted by molar-refractivity contribution is 7.99. The molecule has 0 atom stereocenters. The number of carbonyl (C=O) groups is 1. The van der Waals surface area contributed by atoms with Gasteiger partial charge in [-0.15, -0.1) is 28.1 Å². The van der Waals surface area contributed by atoms with Gasteiger partial charge >= 0.3 is 0 Å². The first-order valence-electron chi connectivity index (χ1n) is 11.8. The van der Waals surface area contributed by atoms with Crippen molar-refractivity contribution < 1.29 is 4.79 Å². The average molecular weight is 507 g/mol. The molecule has 0 aliphatic heterocycles. The van der Waals surface area contributed by atoms with Crippen molar-refractivity contribution in [3.63, 3.8) is 0 Å². The van der Waals surface area contributed by atoms with E-state index in [1.165, 1.54) is 29.5 Å². The Balaban J connectivity index is 1.47. The van der Waals surface area contributed by atoms with Crippen LogP contribution in [-0.2, 0) is 24.2 Å². The quantitative estimate of drug-likeness (QED) is 0.320. The lowest BCUT2D eigenvalue weighted by Gasteiger charge is -2.13. The predicted molar refractivity (Wildman–Crippen MR) is 144 cm³/mol. The number of hydrogen-bond acceptors (Lipinski definition) is 7. The molecular weight excluding hydrogens is 476 g/mol. The van der Waals surface area contributed by atoms with Crippen molar-refractivity contribution in [2.45, 2.75) is 50.2 Å². The number of aryl methyl sites for hydroxylation is 1. The molecule has 0 radical (unpaired) electrons. The van der Waals surface area contributed by atoms with Crippen LogP contribution in [0.15, 0.2) is 42.1 Å². The Morgan fingerprint density at radius 3 is 2.66 bits per heavy atom. The number of nitrogens with zero attached hydrogens (tertiary/aromatic N) is 5. The molecule has 0 saturated heterocycles. The van der Waals surface area contributed by atoms with E-state index in [2.05, 4.69) is 28.2 Å². The highest BCUT2D eigenvalue weighted by Gasteiger charge is 2.21. The smallest absolute Gasteiger partial charge is 0.235 e. The van der Waals surface area contributed by atoms with Crippen LogP contribution in [0.3, 0.4) is 0 Å². The number of rotatable bonds is 8. The molecule has 182 valence electrons. The molecule has 2 heterocycles. The molecule has 1 amide bonds. The second kappa shape index (κ2) is 11.6. The minimum absolute atomic E-state index is 0.147. The van der Waals surface area contributed by atoms with Crippen LogP contribution in [-0.4, -0.2) is 40.5 Å². The molecule has 0 saturated carbocycles. The lowest BCUT2D eigenvalue weighted by Crippen LogP contribution is -2.14. The topological polar surface area (TPSA) is 86.8 Å². The Morgan fingerprint density at radius 2 is 1.97 bits per heavy atom. The van der Waals surface area contributed by atoms with Gasteiger partial charge in [-0.05, 0) is 55.5 Å². The van der Waals surface area contributed by atoms with Crippen molar-refractivity contribution in [2.24, 2.45) is 0 Å². The molecule has 3 aromatic rings. The van der Waals surface area contributed by atoms with Crippen molar-refractivity contribution >= 4 is 39.7 Å². The number of hydrogen-bond donors (Lipinski definition) is 1. The SMILES string of the molecule is C=CCn1c(SCC(=O)Nc2sc3c(c2C#N)CCCCCC3)nnc1-c1ccc(N(C)C)cc1. The number of anilines is 2. The zero-order valence-corrected chi connectivity index (χ0v) is 21.8. The molecular formula is C26H30N6OS2. The number of thioether (sulfide) groups is 1. The lowest BCUT2D eigenvalue weighted by molar-refractivity contribution is -0.113. The number of carbonyl (C=O) groups excluding carboxylic acids is 1. The summed E-state index contributed by atoms with van der Waals surface area (Å²) in [7, 11) is 4.01. The Kier molecular flexibility index (Phi) is 8.26. The predicted octanol–water partition coefficient (Wildman–Crippen LogP) is 5.52. The average Bonchev–Trinajstić information content (AvgIpc) is 3.38. The van der Waals surface area contributed by atoms with Crippen LogP contribution < -0.4 is 10.2 Å². The third-order valence-corrected chi connectivity index (χ3v) is 8.21. The molecule has 7 nitrogen and oxygen atoms in total. The van der Waals surface area contributed by atoms with Crippen LogP contribution in [0, 0.1) is 11.3 Å². The van der Waals surface area contributed by atoms with Gasteiger partial charge in [-0.25, -0.2) is 0 Å². The molecule has 0 spiro atoms. The Labute approximate surface area is 214 Å². The Morgan fingerprint density at radius 1 is 1.23 bits per heavy atom. The van der Waals surface area contributed by atoms with Gasteiger partial charge in [-0.1, -0.05) is 30.7 Å². The van der Waals surface area contributed by atoms with Gasteiger partial charge in [0.1, 0.15) is 11.1 Å². The fourth-order valence-corrected chi connectivity index (χ4v) is 6.23. The molecule has 0 fully saturated rings. The molecule has 1 aromatic carbocycles. The first kappa shape index (κ1) is 25.0. The highest BCUT2D eigenvalue weighted by Crippen LogP contribution is 2.36. The number of amides is 1. The standard InChI is InChI=1S/C26H30N6OS2/c1-4-15-32-24(18-11-13-19(14-12-18)31(2)3)29-30-26(32)34-17-23(33)28-25-21(16-27)20-9-7-5-6-8-10-22(20)35-25/h4,11-14H,1,5-10,15,17H2,2-3H3,(H,28,33). The van der Waals surface area contributed by atoms with E-state index in [1.807, 2.05) is 47.8 Å². The van der Waals surface area contributed by atoms with Gasteiger partial charge in [0.05, 0.1) is 11.3 Å². The van der Waals surface area contributed by atoms with Crippen molar-refractivity contribution in [3.05, 3.63) is 52.9 Å². The summed E-state index contributed by atoms with van der Waals surface area (Å²) in [6, 6.07) is 10.5. The first-order valence-corrected chi connectivity index (χ1v) is 13.6. The van der Waals surface area contributed by atoms with Gasteiger partial charge in [-0.3, -0.25) is 9.36 Å². The number of nitriles is 1. The molecule has 1 aliphatic rings. The summed E-state index contributed by atoms with van der Waals surface area (Å²) < 4.78 is 1.97. The molecule has 2 aromatic heterocycles. The number of allylic oxidation sites excluding steroid dienone is 1. The van der Waals surface area contributed by atoms with E-state index in [0.717, 1.165) is 48.3 Å². The van der Waals surface area contributed by atoms with Crippen LogP contribution in [0.25, 0.3) is 11.4 Å². The maximum atomic E-state index is 12.8. The highest BCUT2D eigenvalue weighted by atomic mass is 32.2. The summed E-state index contributed by atoms with van der Waals surface area (Å²) in [5.74, 6) is 0.774. The van der Waals surface area contributed by atoms with E-state index >= 15 is 0 Å². The van der Waals surface area contributed by atoms with Crippen LogP contribution >= 0.6 is 23.1 Å². The minimum Gasteiger partial charge on any atom is -0.378 e. The molecule has 9 heteroatoms. The van der Waals surface area contributed by atoms with Gasteiger partial charge in [0.25, 0.3) is 0 Å². The zero-order chi connectivity index (χ0) is 24.8. The zero-order valence-electron chi connectivity index (χ0n) is 20.2. The maximum absolute atomic E-state index is 12.8. The van der Waals surface area contributed by atoms with Crippen molar-refractivity contribution in [2.75, 3.05) is 30.1 Å². The fraction of sp³-hybridized carbons (Fsp3) is 0.385. The number of nitrogens with one attached hydrogen (secondary N) is 1. The monoisotopic (exact) mass is 506 g/mol. The van der Waals surface area contributed by atoms with Crippen molar-refractivity contribution in [3.8, 4) is 17.5 Å². The van der Waals surface area contributed by atoms with Crippen LogP contribution in [0.2, 0.25) is 0 Å². The van der Waals surface area contributed by atoms with Crippen molar-refractivity contribution in [1.29, 1.82) is 5.26 Å². The summed E-state index contributed by atoms with van der Waals surface area (Å²) in [4.78, 5) is 16.1. The Bertz CT molecular complexity index is 1240. The minimum atomic E-state index is -0.147. The molecule has 1 N–H and O–H groups in total. The molecule has 0 unspecified atom stereocenters. The number of benzene rings is 1. The van der Waals surface area contributed by atoms with E-state index in [4.69, 9.17) is 0 Å². The largest absolute Gasteiger partial charge is 0.378 e. The Hall–Kier alpha value is -3.09. The van der Waals surface area contributed by atoms with Gasteiger partial charge in [-0.2, -0.15) is 5.26 Å². The number of thiophene rings is 1. The second-order valence-corrected chi connectivity index (χ2v) is 10.8. The van der Waals surface area contributed by atoms with Crippen LogP contribution in [0.4, 0.5) is 10.7 Å². The summed E-state index contributed by atoms with van der Waals surface area (Å²) >= 11 is 2.90. The van der Waals surface area contributed by atoms with Gasteiger partial charge in [0.15, 0.2) is 11.0 Å². The van der Waals surface area contributed by atoms with Gasteiger partial charge < -0.3 is 10.2 Å². The van der Waals surface area contributed by atoms with Gasteiger partial charge in [0, 0.05) is 36.8 Å². The van der Waals surface area contributed by atoms with E-state index < -0.39 is 0 Å². The molecule has 1 aliphatic carbocycles. The summed E-state index contributed by atoms with van der Waals surface area (Å²) in [6.45, 7) is 4.40. The summed E-state index contributed by atoms with van der Waals surface area (Å²) in [5.41, 5.74) is 3.84. The first-order chi connectivity index (χ1) is 17.0. The molecule has 0 bridgehead atoms. The number of fused-ring (bicyclic) bond motifs is 1. The van der Waals surface area contributed by atoms with E-state index in [1.54, 1.807) is 17.4 Å². The lowest BCUT2D eigenvalue weighted by atomic mass is 9.97. The van der Waals surface area contributed by atoms with Gasteiger partial charge in [0.2, 0.25) is 5.91 Å². The summed E-state index contributed by atoms with van der Waals surface area (Å²) in [6.07, 6.45) is 8.37. The van der Waals surface area contributed by atoms with E-state index in [9.17, 15) is 10.1 Å². The second-order valence-electron chi connectivity index (χ2n) is 8.72. The number of aromatic nitrogens is 3.